The van der Waals surface area contributed by atoms with E-state index in [4.69, 9.17) is 4.52 Å². The zero-order valence-corrected chi connectivity index (χ0v) is 18.7. The van der Waals surface area contributed by atoms with Gasteiger partial charge in [0.15, 0.2) is 11.8 Å². The molecule has 1 heterocycles. The van der Waals surface area contributed by atoms with Crippen LogP contribution in [-0.4, -0.2) is 29.7 Å². The van der Waals surface area contributed by atoms with Crippen LogP contribution in [0.25, 0.3) is 0 Å². The Morgan fingerprint density at radius 3 is 2.76 bits per heavy atom. The average Bonchev–Trinajstić information content (AvgIpc) is 2.99. The van der Waals surface area contributed by atoms with Crippen LogP contribution in [0, 0.1) is 12.8 Å². The number of aromatic nitrogens is 2. The fourth-order valence-electron chi connectivity index (χ4n) is 2.39. The summed E-state index contributed by atoms with van der Waals surface area (Å²) >= 11 is 3.53. The minimum absolute atomic E-state index is 0. The molecule has 1 aromatic carbocycles. The van der Waals surface area contributed by atoms with Gasteiger partial charge in [-0.3, -0.25) is 4.99 Å². The van der Waals surface area contributed by atoms with Crippen LogP contribution in [0.1, 0.15) is 30.6 Å². The molecule has 1 atom stereocenters. The van der Waals surface area contributed by atoms with Gasteiger partial charge in [-0.15, -0.1) is 24.0 Å². The first-order valence-corrected chi connectivity index (χ1v) is 8.88. The third-order valence-electron chi connectivity index (χ3n) is 3.75. The third kappa shape index (κ3) is 7.72. The topological polar surface area (TPSA) is 75.3 Å². The maximum absolute atomic E-state index is 5.09. The van der Waals surface area contributed by atoms with Crippen LogP contribution in [0.5, 0.6) is 0 Å². The molecule has 6 nitrogen and oxygen atoms in total. The number of halogens is 2. The predicted octanol–water partition coefficient (Wildman–Crippen LogP) is 3.69. The summed E-state index contributed by atoms with van der Waals surface area (Å²) in [6.07, 6.45) is 2.13. The van der Waals surface area contributed by atoms with Crippen molar-refractivity contribution in [3.8, 4) is 0 Å². The lowest BCUT2D eigenvalue weighted by Gasteiger charge is -2.18. The van der Waals surface area contributed by atoms with Crippen LogP contribution in [0.3, 0.4) is 0 Å². The van der Waals surface area contributed by atoms with Gasteiger partial charge < -0.3 is 15.2 Å². The van der Waals surface area contributed by atoms with Gasteiger partial charge in [0.2, 0.25) is 5.89 Å². The highest BCUT2D eigenvalue weighted by molar-refractivity contribution is 14.0. The number of nitrogens with zero attached hydrogens (tertiary/aromatic N) is 3. The van der Waals surface area contributed by atoms with E-state index in [-0.39, 0.29) is 24.0 Å². The van der Waals surface area contributed by atoms with Crippen LogP contribution < -0.4 is 10.6 Å². The molecular weight excluding hydrogens is 497 g/mol. The highest BCUT2D eigenvalue weighted by Crippen LogP contribution is 2.16. The Kier molecular flexibility index (Phi) is 10.0. The maximum Gasteiger partial charge on any atom is 0.246 e. The van der Waals surface area contributed by atoms with Gasteiger partial charge in [-0.25, -0.2) is 0 Å². The molecule has 8 heteroatoms. The first-order chi connectivity index (χ1) is 11.6. The van der Waals surface area contributed by atoms with Crippen molar-refractivity contribution in [3.05, 3.63) is 46.0 Å². The van der Waals surface area contributed by atoms with E-state index in [1.54, 1.807) is 14.0 Å². The summed E-state index contributed by atoms with van der Waals surface area (Å²) in [4.78, 5) is 8.40. The highest BCUT2D eigenvalue weighted by Gasteiger charge is 2.10. The number of hydrogen-bond acceptors (Lipinski definition) is 4. The summed E-state index contributed by atoms with van der Waals surface area (Å²) in [5.74, 6) is 2.45. The fraction of sp³-hybridized carbons (Fsp3) is 0.471. The molecule has 2 N–H and O–H groups in total. The molecule has 0 aliphatic carbocycles. The van der Waals surface area contributed by atoms with Gasteiger partial charge in [-0.2, -0.15) is 4.98 Å². The maximum atomic E-state index is 5.09. The first kappa shape index (κ1) is 21.9. The molecule has 25 heavy (non-hydrogen) atoms. The molecule has 0 spiro atoms. The molecule has 0 radical (unpaired) electrons. The number of nitrogens with one attached hydrogen (secondary N) is 2. The quantitative estimate of drug-likeness (QED) is 0.330. The standard InChI is InChI=1S/C17H24BrN5O.HI/c1-4-13(8-14-6-5-7-15(18)9-14)10-20-17(19-3)21-11-16-22-12(2)23-24-16;/h5-7,9,13H,4,8,10-11H2,1-3H3,(H2,19,20,21);1H. The molecular formula is C17H25BrIN5O. The number of rotatable bonds is 7. The minimum atomic E-state index is 0. The van der Waals surface area contributed by atoms with E-state index in [2.05, 4.69) is 66.8 Å². The lowest BCUT2D eigenvalue weighted by Crippen LogP contribution is -2.39. The Labute approximate surface area is 174 Å². The van der Waals surface area contributed by atoms with Crippen molar-refractivity contribution in [1.29, 1.82) is 0 Å². The Morgan fingerprint density at radius 2 is 2.16 bits per heavy atom. The molecule has 0 bridgehead atoms. The van der Waals surface area contributed by atoms with Gasteiger partial charge in [0.25, 0.3) is 0 Å². The van der Waals surface area contributed by atoms with Crippen LogP contribution in [0.15, 0.2) is 38.3 Å². The van der Waals surface area contributed by atoms with E-state index >= 15 is 0 Å². The summed E-state index contributed by atoms with van der Waals surface area (Å²) in [6, 6.07) is 8.46. The summed E-state index contributed by atoms with van der Waals surface area (Å²) in [5.41, 5.74) is 1.34. The average molecular weight is 522 g/mol. The zero-order valence-electron chi connectivity index (χ0n) is 14.8. The van der Waals surface area contributed by atoms with Crippen molar-refractivity contribution < 1.29 is 4.52 Å². The van der Waals surface area contributed by atoms with Crippen molar-refractivity contribution in [3.63, 3.8) is 0 Å². The molecule has 0 amide bonds. The fourth-order valence-corrected chi connectivity index (χ4v) is 2.84. The van der Waals surface area contributed by atoms with Crippen LogP contribution in [0.4, 0.5) is 0 Å². The second-order valence-corrected chi connectivity index (χ2v) is 6.57. The lowest BCUT2D eigenvalue weighted by molar-refractivity contribution is 0.371. The molecule has 138 valence electrons. The monoisotopic (exact) mass is 521 g/mol. The summed E-state index contributed by atoms with van der Waals surface area (Å²) in [6.45, 7) is 5.32. The molecule has 2 rings (SSSR count). The summed E-state index contributed by atoms with van der Waals surface area (Å²) < 4.78 is 6.21. The summed E-state index contributed by atoms with van der Waals surface area (Å²) in [5, 5.41) is 10.3. The van der Waals surface area contributed by atoms with Crippen molar-refractivity contribution in [2.24, 2.45) is 10.9 Å². The summed E-state index contributed by atoms with van der Waals surface area (Å²) in [7, 11) is 1.75. The van der Waals surface area contributed by atoms with E-state index in [0.717, 1.165) is 29.8 Å². The highest BCUT2D eigenvalue weighted by atomic mass is 127. The van der Waals surface area contributed by atoms with Gasteiger partial charge in [0, 0.05) is 18.1 Å². The Hall–Kier alpha value is -1.16. The molecule has 0 aliphatic rings. The van der Waals surface area contributed by atoms with E-state index in [1.807, 2.05) is 6.07 Å². The van der Waals surface area contributed by atoms with Crippen LogP contribution >= 0.6 is 39.9 Å². The van der Waals surface area contributed by atoms with Gasteiger partial charge in [0.05, 0.1) is 6.54 Å². The number of guanidine groups is 1. The smallest absolute Gasteiger partial charge is 0.246 e. The molecule has 0 saturated heterocycles. The Balaban J connectivity index is 0.00000312. The van der Waals surface area contributed by atoms with Crippen molar-refractivity contribution >= 4 is 45.9 Å². The van der Waals surface area contributed by atoms with E-state index in [1.165, 1.54) is 5.56 Å². The largest absolute Gasteiger partial charge is 0.356 e. The Morgan fingerprint density at radius 1 is 1.36 bits per heavy atom. The molecule has 0 aliphatic heterocycles. The first-order valence-electron chi connectivity index (χ1n) is 8.08. The van der Waals surface area contributed by atoms with Gasteiger partial charge in [-0.05, 0) is 37.0 Å². The van der Waals surface area contributed by atoms with Crippen molar-refractivity contribution in [2.45, 2.75) is 33.2 Å². The second kappa shape index (κ2) is 11.5. The molecule has 1 unspecified atom stereocenters. The third-order valence-corrected chi connectivity index (χ3v) is 4.24. The van der Waals surface area contributed by atoms with Crippen LogP contribution in [0.2, 0.25) is 0 Å². The molecule has 1 aromatic heterocycles. The number of benzene rings is 1. The number of hydrogen-bond donors (Lipinski definition) is 2. The minimum Gasteiger partial charge on any atom is -0.356 e. The SMILES string of the molecule is CCC(CNC(=NC)NCc1nc(C)no1)Cc1cccc(Br)c1.I. The van der Waals surface area contributed by atoms with Gasteiger partial charge in [0.1, 0.15) is 0 Å². The molecule has 0 saturated carbocycles. The van der Waals surface area contributed by atoms with Crippen molar-refractivity contribution in [2.75, 3.05) is 13.6 Å². The second-order valence-electron chi connectivity index (χ2n) is 5.65. The van der Waals surface area contributed by atoms with Gasteiger partial charge in [-0.1, -0.05) is 46.6 Å². The number of aliphatic imine (C=N–C) groups is 1. The zero-order chi connectivity index (χ0) is 17.4. The number of aryl methyl sites for hydroxylation is 1. The predicted molar refractivity (Wildman–Crippen MR) is 114 cm³/mol. The van der Waals surface area contributed by atoms with E-state index in [9.17, 15) is 0 Å². The lowest BCUT2D eigenvalue weighted by atomic mass is 9.97. The van der Waals surface area contributed by atoms with E-state index in [0.29, 0.717) is 24.2 Å². The van der Waals surface area contributed by atoms with Crippen LogP contribution in [-0.2, 0) is 13.0 Å². The van der Waals surface area contributed by atoms with Crippen molar-refractivity contribution in [1.82, 2.24) is 20.8 Å². The molecule has 0 fully saturated rings. The molecule has 2 aromatic rings. The van der Waals surface area contributed by atoms with Gasteiger partial charge >= 0.3 is 0 Å². The van der Waals surface area contributed by atoms with E-state index < -0.39 is 0 Å². The normalized spacial score (nSPS) is 12.4. The Bertz CT molecular complexity index is 677.